The maximum absolute atomic E-state index is 10.5. The fraction of sp³-hybridized carbons (Fsp3) is 0.500. The van der Waals surface area contributed by atoms with Crippen molar-refractivity contribution >= 4 is 29.2 Å². The Morgan fingerprint density at radius 3 is 2.53 bits per heavy atom. The van der Waals surface area contributed by atoms with E-state index in [9.17, 15) is 4.79 Å². The normalized spacial score (nSPS) is 11.3. The number of halogens is 2. The highest BCUT2D eigenvalue weighted by Crippen LogP contribution is 2.23. The van der Waals surface area contributed by atoms with Crippen molar-refractivity contribution in [3.8, 4) is 0 Å². The number of aliphatic carboxylic acids is 1. The Hall–Kier alpha value is -0.770. The average Bonchev–Trinajstić information content (AvgIpc) is 2.32. The lowest BCUT2D eigenvalue weighted by atomic mass is 10.1. The fourth-order valence-electron chi connectivity index (χ4n) is 1.83. The third-order valence-corrected chi connectivity index (χ3v) is 3.67. The van der Waals surface area contributed by atoms with Crippen LogP contribution >= 0.6 is 23.2 Å². The molecule has 0 amide bonds. The highest BCUT2D eigenvalue weighted by Gasteiger charge is 2.11. The Bertz CT molecular complexity index is 435. The highest BCUT2D eigenvalue weighted by atomic mass is 35.5. The van der Waals surface area contributed by atoms with Gasteiger partial charge in [0, 0.05) is 19.0 Å². The molecule has 0 aliphatic rings. The Balaban J connectivity index is 2.62. The Kier molecular flexibility index (Phi) is 6.63. The molecule has 0 unspecified atom stereocenters. The number of carboxylic acid groups (broad SMARTS) is 1. The van der Waals surface area contributed by atoms with Crippen LogP contribution in [0.15, 0.2) is 18.2 Å². The quantitative estimate of drug-likeness (QED) is 0.825. The zero-order chi connectivity index (χ0) is 14.4. The Morgan fingerprint density at radius 1 is 1.32 bits per heavy atom. The lowest BCUT2D eigenvalue weighted by Crippen LogP contribution is -2.31. The number of carboxylic acids is 1. The van der Waals surface area contributed by atoms with Crippen LogP contribution in [0.2, 0.25) is 10.0 Å². The summed E-state index contributed by atoms with van der Waals surface area (Å²) >= 11 is 11.9. The van der Waals surface area contributed by atoms with Crippen LogP contribution in [0.25, 0.3) is 0 Å². The molecule has 1 N–H and O–H groups in total. The van der Waals surface area contributed by atoms with Crippen molar-refractivity contribution < 1.29 is 9.90 Å². The van der Waals surface area contributed by atoms with Gasteiger partial charge in [-0.05, 0) is 44.5 Å². The molecule has 0 aliphatic heterocycles. The molecule has 0 radical (unpaired) electrons. The van der Waals surface area contributed by atoms with E-state index < -0.39 is 5.97 Å². The lowest BCUT2D eigenvalue weighted by molar-refractivity contribution is -0.137. The number of hydrogen-bond acceptors (Lipinski definition) is 2. The molecular weight excluding hydrogens is 285 g/mol. The first-order valence-corrected chi connectivity index (χ1v) is 7.05. The molecule has 106 valence electrons. The summed E-state index contributed by atoms with van der Waals surface area (Å²) in [5.41, 5.74) is 1.08. The minimum atomic E-state index is -0.752. The van der Waals surface area contributed by atoms with Crippen molar-refractivity contribution in [2.45, 2.75) is 39.3 Å². The van der Waals surface area contributed by atoms with Gasteiger partial charge in [0.05, 0.1) is 10.0 Å². The molecule has 0 spiro atoms. The largest absolute Gasteiger partial charge is 0.481 e. The number of hydrogen-bond donors (Lipinski definition) is 1. The zero-order valence-electron chi connectivity index (χ0n) is 11.2. The van der Waals surface area contributed by atoms with Gasteiger partial charge in [0.15, 0.2) is 0 Å². The van der Waals surface area contributed by atoms with Gasteiger partial charge in [-0.2, -0.15) is 0 Å². The summed E-state index contributed by atoms with van der Waals surface area (Å²) in [6, 6.07) is 5.94. The molecule has 0 heterocycles. The van der Waals surface area contributed by atoms with E-state index >= 15 is 0 Å². The first-order valence-electron chi connectivity index (χ1n) is 6.30. The highest BCUT2D eigenvalue weighted by molar-refractivity contribution is 6.42. The van der Waals surface area contributed by atoms with Crippen LogP contribution in [0.4, 0.5) is 0 Å². The second kappa shape index (κ2) is 7.73. The summed E-state index contributed by atoms with van der Waals surface area (Å²) in [6.07, 6.45) is 0.847. The predicted molar refractivity (Wildman–Crippen MR) is 78.9 cm³/mol. The van der Waals surface area contributed by atoms with Crippen molar-refractivity contribution in [1.82, 2.24) is 4.90 Å². The molecular formula is C14H19Cl2NO2. The van der Waals surface area contributed by atoms with Gasteiger partial charge in [-0.1, -0.05) is 29.3 Å². The average molecular weight is 304 g/mol. The van der Waals surface area contributed by atoms with Crippen LogP contribution in [-0.4, -0.2) is 28.6 Å². The predicted octanol–water partition coefficient (Wildman–Crippen LogP) is 4.07. The minimum Gasteiger partial charge on any atom is -0.481 e. The molecule has 0 fully saturated rings. The SMILES string of the molecule is CC(C)N(CCCC(=O)O)Cc1ccc(Cl)c(Cl)c1. The molecule has 1 aromatic rings. The van der Waals surface area contributed by atoms with Gasteiger partial charge in [0.2, 0.25) is 0 Å². The molecule has 0 aliphatic carbocycles. The maximum Gasteiger partial charge on any atom is 0.303 e. The molecule has 0 bridgehead atoms. The van der Waals surface area contributed by atoms with Crippen LogP contribution in [-0.2, 0) is 11.3 Å². The lowest BCUT2D eigenvalue weighted by Gasteiger charge is -2.26. The van der Waals surface area contributed by atoms with E-state index in [1.807, 2.05) is 12.1 Å². The molecule has 5 heteroatoms. The van der Waals surface area contributed by atoms with Crippen molar-refractivity contribution in [2.24, 2.45) is 0 Å². The van der Waals surface area contributed by atoms with Crippen LogP contribution in [0.1, 0.15) is 32.3 Å². The first-order chi connectivity index (χ1) is 8.90. The van der Waals surface area contributed by atoms with Crippen LogP contribution in [0.3, 0.4) is 0 Å². The summed E-state index contributed by atoms with van der Waals surface area (Å²) in [6.45, 7) is 5.69. The fourth-order valence-corrected chi connectivity index (χ4v) is 2.15. The van der Waals surface area contributed by atoms with E-state index in [-0.39, 0.29) is 6.42 Å². The van der Waals surface area contributed by atoms with Crippen LogP contribution < -0.4 is 0 Å². The first kappa shape index (κ1) is 16.3. The maximum atomic E-state index is 10.5. The van der Waals surface area contributed by atoms with Crippen molar-refractivity contribution in [3.63, 3.8) is 0 Å². The van der Waals surface area contributed by atoms with E-state index in [4.69, 9.17) is 28.3 Å². The third-order valence-electron chi connectivity index (χ3n) is 2.94. The van der Waals surface area contributed by atoms with Gasteiger partial charge in [-0.25, -0.2) is 0 Å². The van der Waals surface area contributed by atoms with E-state index in [0.29, 0.717) is 22.5 Å². The Labute approximate surface area is 124 Å². The van der Waals surface area contributed by atoms with E-state index in [2.05, 4.69) is 18.7 Å². The Morgan fingerprint density at radius 2 is 2.00 bits per heavy atom. The molecule has 0 saturated heterocycles. The van der Waals surface area contributed by atoms with E-state index in [0.717, 1.165) is 18.7 Å². The summed E-state index contributed by atoms with van der Waals surface area (Å²) < 4.78 is 0. The number of rotatable bonds is 7. The zero-order valence-corrected chi connectivity index (χ0v) is 12.7. The molecule has 3 nitrogen and oxygen atoms in total. The summed E-state index contributed by atoms with van der Waals surface area (Å²) in [5, 5.41) is 9.77. The third kappa shape index (κ3) is 5.81. The number of carbonyl (C=O) groups is 1. The van der Waals surface area contributed by atoms with Gasteiger partial charge in [0.25, 0.3) is 0 Å². The van der Waals surface area contributed by atoms with E-state index in [1.165, 1.54) is 0 Å². The molecule has 0 atom stereocenters. The standard InChI is InChI=1S/C14H19Cl2NO2/c1-10(2)17(7-3-4-14(18)19)9-11-5-6-12(15)13(16)8-11/h5-6,8,10H,3-4,7,9H2,1-2H3,(H,18,19). The molecule has 0 aromatic heterocycles. The number of benzene rings is 1. The topological polar surface area (TPSA) is 40.5 Å². The van der Waals surface area contributed by atoms with Gasteiger partial charge in [-0.15, -0.1) is 0 Å². The number of nitrogens with zero attached hydrogens (tertiary/aromatic N) is 1. The molecule has 1 rings (SSSR count). The van der Waals surface area contributed by atoms with Crippen molar-refractivity contribution in [1.29, 1.82) is 0 Å². The second-order valence-electron chi connectivity index (χ2n) is 4.81. The molecule has 19 heavy (non-hydrogen) atoms. The molecule has 0 saturated carbocycles. The van der Waals surface area contributed by atoms with Crippen LogP contribution in [0.5, 0.6) is 0 Å². The van der Waals surface area contributed by atoms with Gasteiger partial charge < -0.3 is 5.11 Å². The monoisotopic (exact) mass is 303 g/mol. The van der Waals surface area contributed by atoms with Crippen molar-refractivity contribution in [2.75, 3.05) is 6.54 Å². The van der Waals surface area contributed by atoms with Gasteiger partial charge >= 0.3 is 5.97 Å². The smallest absolute Gasteiger partial charge is 0.303 e. The van der Waals surface area contributed by atoms with Gasteiger partial charge in [0.1, 0.15) is 0 Å². The second-order valence-corrected chi connectivity index (χ2v) is 5.62. The summed E-state index contributed by atoms with van der Waals surface area (Å²) in [5.74, 6) is -0.752. The minimum absolute atomic E-state index is 0.199. The summed E-state index contributed by atoms with van der Waals surface area (Å²) in [7, 11) is 0. The van der Waals surface area contributed by atoms with Crippen molar-refractivity contribution in [3.05, 3.63) is 33.8 Å². The molecule has 1 aromatic carbocycles. The van der Waals surface area contributed by atoms with Crippen LogP contribution in [0, 0.1) is 0 Å². The summed E-state index contributed by atoms with van der Waals surface area (Å²) in [4.78, 5) is 12.8. The van der Waals surface area contributed by atoms with E-state index in [1.54, 1.807) is 6.07 Å². The van der Waals surface area contributed by atoms with Gasteiger partial charge in [-0.3, -0.25) is 9.69 Å².